The standard InChI is InChI=1S/C21H17BrN2O3/c1-14-4-6-15(7-5-14)20(25)24-19(13-18-3-2-12-27-18)21(26)23-17-10-8-16(22)9-11-17/h2-13H,1H3,(H,23,26)(H,24,25). The summed E-state index contributed by atoms with van der Waals surface area (Å²) < 4.78 is 6.17. The molecule has 0 aliphatic heterocycles. The van der Waals surface area contributed by atoms with Crippen LogP contribution in [0.15, 0.2) is 81.5 Å². The lowest BCUT2D eigenvalue weighted by Gasteiger charge is -2.11. The van der Waals surface area contributed by atoms with Gasteiger partial charge in [-0.2, -0.15) is 0 Å². The van der Waals surface area contributed by atoms with Gasteiger partial charge in [0, 0.05) is 21.8 Å². The number of hydrogen-bond donors (Lipinski definition) is 2. The van der Waals surface area contributed by atoms with Gasteiger partial charge in [-0.05, 0) is 55.5 Å². The van der Waals surface area contributed by atoms with Gasteiger partial charge in [0.1, 0.15) is 11.5 Å². The average Bonchev–Trinajstić information content (AvgIpc) is 3.16. The summed E-state index contributed by atoms with van der Waals surface area (Å²) >= 11 is 3.35. The molecule has 1 heterocycles. The summed E-state index contributed by atoms with van der Waals surface area (Å²) in [6.07, 6.45) is 2.98. The van der Waals surface area contributed by atoms with Gasteiger partial charge in [-0.25, -0.2) is 0 Å². The smallest absolute Gasteiger partial charge is 0.272 e. The van der Waals surface area contributed by atoms with Crippen LogP contribution in [0.25, 0.3) is 6.08 Å². The van der Waals surface area contributed by atoms with Gasteiger partial charge in [-0.3, -0.25) is 9.59 Å². The molecule has 2 aromatic carbocycles. The summed E-state index contributed by atoms with van der Waals surface area (Å²) in [5, 5.41) is 5.43. The van der Waals surface area contributed by atoms with Crippen molar-refractivity contribution in [1.82, 2.24) is 5.32 Å². The first-order valence-corrected chi connectivity index (χ1v) is 9.01. The van der Waals surface area contributed by atoms with Gasteiger partial charge in [0.15, 0.2) is 0 Å². The van der Waals surface area contributed by atoms with Gasteiger partial charge in [0.25, 0.3) is 11.8 Å². The van der Waals surface area contributed by atoms with Crippen molar-refractivity contribution in [3.8, 4) is 0 Å². The molecule has 2 amide bonds. The van der Waals surface area contributed by atoms with Crippen LogP contribution in [0.3, 0.4) is 0 Å². The molecule has 27 heavy (non-hydrogen) atoms. The molecule has 0 radical (unpaired) electrons. The third-order valence-electron chi connectivity index (χ3n) is 3.74. The Balaban J connectivity index is 1.82. The number of rotatable bonds is 5. The maximum Gasteiger partial charge on any atom is 0.272 e. The van der Waals surface area contributed by atoms with Crippen LogP contribution in [0.1, 0.15) is 21.7 Å². The van der Waals surface area contributed by atoms with E-state index in [1.54, 1.807) is 36.4 Å². The largest absolute Gasteiger partial charge is 0.465 e. The fourth-order valence-electron chi connectivity index (χ4n) is 2.31. The van der Waals surface area contributed by atoms with E-state index in [9.17, 15) is 9.59 Å². The van der Waals surface area contributed by atoms with Crippen molar-refractivity contribution in [2.24, 2.45) is 0 Å². The van der Waals surface area contributed by atoms with E-state index in [0.717, 1.165) is 10.0 Å². The molecule has 3 aromatic rings. The summed E-state index contributed by atoms with van der Waals surface area (Å²) in [7, 11) is 0. The van der Waals surface area contributed by atoms with Gasteiger partial charge in [0.05, 0.1) is 6.26 Å². The number of carbonyl (C=O) groups is 2. The van der Waals surface area contributed by atoms with Crippen LogP contribution >= 0.6 is 15.9 Å². The van der Waals surface area contributed by atoms with Crippen molar-refractivity contribution in [3.63, 3.8) is 0 Å². The second-order valence-electron chi connectivity index (χ2n) is 5.85. The molecule has 0 unspecified atom stereocenters. The minimum atomic E-state index is -0.450. The highest BCUT2D eigenvalue weighted by molar-refractivity contribution is 9.10. The molecule has 0 saturated carbocycles. The number of hydrogen-bond acceptors (Lipinski definition) is 3. The van der Waals surface area contributed by atoms with E-state index in [4.69, 9.17) is 4.42 Å². The molecule has 0 spiro atoms. The van der Waals surface area contributed by atoms with Crippen molar-refractivity contribution in [1.29, 1.82) is 0 Å². The van der Waals surface area contributed by atoms with Crippen LogP contribution < -0.4 is 10.6 Å². The fraction of sp³-hybridized carbons (Fsp3) is 0.0476. The summed E-state index contributed by atoms with van der Waals surface area (Å²) in [4.78, 5) is 25.2. The zero-order valence-electron chi connectivity index (χ0n) is 14.5. The minimum absolute atomic E-state index is 0.0819. The Bertz CT molecular complexity index is 960. The Morgan fingerprint density at radius 3 is 2.33 bits per heavy atom. The lowest BCUT2D eigenvalue weighted by Crippen LogP contribution is -2.30. The van der Waals surface area contributed by atoms with Crippen LogP contribution in [-0.2, 0) is 4.79 Å². The molecule has 0 bridgehead atoms. The van der Waals surface area contributed by atoms with E-state index in [2.05, 4.69) is 26.6 Å². The molecule has 3 rings (SSSR count). The number of aryl methyl sites for hydroxylation is 1. The number of benzene rings is 2. The Kier molecular flexibility index (Phi) is 5.88. The quantitative estimate of drug-likeness (QED) is 0.579. The summed E-state index contributed by atoms with van der Waals surface area (Å²) in [5.74, 6) is -0.367. The molecular weight excluding hydrogens is 408 g/mol. The number of amides is 2. The van der Waals surface area contributed by atoms with Crippen molar-refractivity contribution in [2.75, 3.05) is 5.32 Å². The normalized spacial score (nSPS) is 11.1. The van der Waals surface area contributed by atoms with E-state index >= 15 is 0 Å². The van der Waals surface area contributed by atoms with Crippen LogP contribution in [0.5, 0.6) is 0 Å². The van der Waals surface area contributed by atoms with Gasteiger partial charge < -0.3 is 15.1 Å². The van der Waals surface area contributed by atoms with Gasteiger partial charge in [-0.15, -0.1) is 0 Å². The summed E-state index contributed by atoms with van der Waals surface area (Å²) in [6.45, 7) is 1.94. The second-order valence-corrected chi connectivity index (χ2v) is 6.77. The van der Waals surface area contributed by atoms with E-state index in [1.165, 1.54) is 12.3 Å². The molecule has 0 fully saturated rings. The van der Waals surface area contributed by atoms with Crippen molar-refractivity contribution < 1.29 is 14.0 Å². The van der Waals surface area contributed by atoms with Crippen molar-refractivity contribution in [3.05, 3.63) is 94.0 Å². The highest BCUT2D eigenvalue weighted by Crippen LogP contribution is 2.16. The molecule has 2 N–H and O–H groups in total. The SMILES string of the molecule is Cc1ccc(C(=O)NC(=Cc2ccco2)C(=O)Nc2ccc(Br)cc2)cc1. The molecular formula is C21H17BrN2O3. The number of nitrogens with one attached hydrogen (secondary N) is 2. The summed E-state index contributed by atoms with van der Waals surface area (Å²) in [6, 6.07) is 17.7. The fourth-order valence-corrected chi connectivity index (χ4v) is 2.57. The van der Waals surface area contributed by atoms with E-state index in [-0.39, 0.29) is 11.6 Å². The van der Waals surface area contributed by atoms with Crippen LogP contribution in [-0.4, -0.2) is 11.8 Å². The second kappa shape index (κ2) is 8.51. The topological polar surface area (TPSA) is 71.3 Å². The van der Waals surface area contributed by atoms with Gasteiger partial charge in [-0.1, -0.05) is 33.6 Å². The maximum atomic E-state index is 12.7. The number of anilines is 1. The molecule has 0 atom stereocenters. The Morgan fingerprint density at radius 1 is 1.00 bits per heavy atom. The molecule has 136 valence electrons. The number of furan rings is 1. The predicted octanol–water partition coefficient (Wildman–Crippen LogP) is 4.76. The molecule has 1 aromatic heterocycles. The van der Waals surface area contributed by atoms with E-state index in [0.29, 0.717) is 17.0 Å². The van der Waals surface area contributed by atoms with Crippen LogP contribution in [0.2, 0.25) is 0 Å². The predicted molar refractivity (Wildman–Crippen MR) is 108 cm³/mol. The lowest BCUT2D eigenvalue weighted by atomic mass is 10.1. The average molecular weight is 425 g/mol. The van der Waals surface area contributed by atoms with Gasteiger partial charge in [0.2, 0.25) is 0 Å². The Labute approximate surface area is 165 Å². The zero-order valence-corrected chi connectivity index (χ0v) is 16.1. The lowest BCUT2D eigenvalue weighted by molar-refractivity contribution is -0.113. The molecule has 0 aliphatic rings. The molecule has 0 saturated heterocycles. The third-order valence-corrected chi connectivity index (χ3v) is 4.27. The summed E-state index contributed by atoms with van der Waals surface area (Å²) in [5.41, 5.74) is 2.20. The van der Waals surface area contributed by atoms with Crippen molar-refractivity contribution >= 4 is 39.5 Å². The maximum absolute atomic E-state index is 12.7. The molecule has 0 aliphatic carbocycles. The monoisotopic (exact) mass is 424 g/mol. The van der Waals surface area contributed by atoms with E-state index < -0.39 is 5.91 Å². The number of carbonyl (C=O) groups excluding carboxylic acids is 2. The molecule has 5 nitrogen and oxygen atoms in total. The Hall–Kier alpha value is -3.12. The number of halogens is 1. The highest BCUT2D eigenvalue weighted by atomic mass is 79.9. The van der Waals surface area contributed by atoms with Crippen molar-refractivity contribution in [2.45, 2.75) is 6.92 Å². The first-order valence-electron chi connectivity index (χ1n) is 8.21. The first kappa shape index (κ1) is 18.7. The molecule has 6 heteroatoms. The third kappa shape index (κ3) is 5.18. The van der Waals surface area contributed by atoms with Crippen LogP contribution in [0, 0.1) is 6.92 Å². The highest BCUT2D eigenvalue weighted by Gasteiger charge is 2.15. The first-order chi connectivity index (χ1) is 13.0. The van der Waals surface area contributed by atoms with E-state index in [1.807, 2.05) is 31.2 Å². The minimum Gasteiger partial charge on any atom is -0.465 e. The zero-order chi connectivity index (χ0) is 19.2. The van der Waals surface area contributed by atoms with Gasteiger partial charge >= 0.3 is 0 Å². The van der Waals surface area contributed by atoms with Crippen LogP contribution in [0.4, 0.5) is 5.69 Å². The Morgan fingerprint density at radius 2 is 1.70 bits per heavy atom.